The predicted molar refractivity (Wildman–Crippen MR) is 68.8 cm³/mol. The molecule has 2 rings (SSSR count). The summed E-state index contributed by atoms with van der Waals surface area (Å²) in [6.07, 6.45) is 1.69. The highest BCUT2D eigenvalue weighted by Gasteiger charge is 2.12. The van der Waals surface area contributed by atoms with Gasteiger partial charge >= 0.3 is 0 Å². The molecule has 0 N–H and O–H groups in total. The van der Waals surface area contributed by atoms with Gasteiger partial charge < -0.3 is 4.74 Å². The Balaban J connectivity index is 2.57. The van der Waals surface area contributed by atoms with Crippen LogP contribution < -0.4 is 4.74 Å². The zero-order valence-corrected chi connectivity index (χ0v) is 10.9. The third-order valence-corrected chi connectivity index (χ3v) is 3.18. The highest BCUT2D eigenvalue weighted by molar-refractivity contribution is 6.44. The van der Waals surface area contributed by atoms with Crippen molar-refractivity contribution in [1.82, 2.24) is 9.97 Å². The summed E-state index contributed by atoms with van der Waals surface area (Å²) in [5, 5.41) is 0.826. The summed E-state index contributed by atoms with van der Waals surface area (Å²) in [4.78, 5) is 8.35. The lowest BCUT2D eigenvalue weighted by Gasteiger charge is -2.09. The Morgan fingerprint density at radius 1 is 1.12 bits per heavy atom. The van der Waals surface area contributed by atoms with Crippen molar-refractivity contribution < 1.29 is 4.74 Å². The van der Waals surface area contributed by atoms with E-state index in [1.165, 1.54) is 0 Å². The molecule has 0 spiro atoms. The predicted octanol–water partition coefficient (Wildman–Crippen LogP) is 3.77. The molecule has 0 fully saturated rings. The number of benzene rings is 1. The first-order chi connectivity index (χ1) is 8.13. The second-order valence-corrected chi connectivity index (χ2v) is 4.19. The van der Waals surface area contributed by atoms with Gasteiger partial charge in [0, 0.05) is 11.8 Å². The minimum Gasteiger partial charge on any atom is -0.495 e. The Morgan fingerprint density at radius 2 is 1.88 bits per heavy atom. The van der Waals surface area contributed by atoms with Crippen molar-refractivity contribution in [1.29, 1.82) is 0 Å². The molecule has 1 heterocycles. The van der Waals surface area contributed by atoms with Gasteiger partial charge in [0.1, 0.15) is 16.6 Å². The van der Waals surface area contributed by atoms with E-state index in [1.807, 2.05) is 13.0 Å². The molecule has 0 aliphatic rings. The number of aryl methyl sites for hydroxylation is 1. The normalized spacial score (nSPS) is 10.4. The number of ether oxygens (including phenoxy) is 1. The van der Waals surface area contributed by atoms with Gasteiger partial charge in [-0.3, -0.25) is 0 Å². The van der Waals surface area contributed by atoms with Gasteiger partial charge in [0.05, 0.1) is 17.8 Å². The fraction of sp³-hybridized carbons (Fsp3) is 0.167. The third-order valence-electron chi connectivity index (χ3n) is 2.32. The molecular formula is C12H10Cl2N2O. The van der Waals surface area contributed by atoms with Gasteiger partial charge in [-0.05, 0) is 25.1 Å². The van der Waals surface area contributed by atoms with Crippen LogP contribution in [0.4, 0.5) is 0 Å². The van der Waals surface area contributed by atoms with Crippen LogP contribution in [0.5, 0.6) is 5.75 Å². The number of nitrogens with zero attached hydrogens (tertiary/aromatic N) is 2. The van der Waals surface area contributed by atoms with Gasteiger partial charge in [-0.15, -0.1) is 0 Å². The maximum absolute atomic E-state index is 6.19. The molecule has 2 aromatic rings. The van der Waals surface area contributed by atoms with Crippen LogP contribution in [0.2, 0.25) is 10.0 Å². The maximum Gasteiger partial charge on any atom is 0.139 e. The lowest BCUT2D eigenvalue weighted by atomic mass is 10.1. The molecule has 5 heteroatoms. The van der Waals surface area contributed by atoms with Crippen molar-refractivity contribution >= 4 is 23.2 Å². The number of halogens is 2. The minimum atomic E-state index is 0.392. The molecule has 88 valence electrons. The molecular weight excluding hydrogens is 259 g/mol. The van der Waals surface area contributed by atoms with Gasteiger partial charge in [-0.25, -0.2) is 9.97 Å². The summed E-state index contributed by atoms with van der Waals surface area (Å²) >= 11 is 12.3. The third kappa shape index (κ3) is 2.35. The smallest absolute Gasteiger partial charge is 0.139 e. The van der Waals surface area contributed by atoms with Crippen molar-refractivity contribution in [3.63, 3.8) is 0 Å². The van der Waals surface area contributed by atoms with E-state index in [2.05, 4.69) is 9.97 Å². The SMILES string of the molecule is COc1ccc(-c2ccnc(C)n2)c(Cl)c1Cl. The molecule has 1 aromatic carbocycles. The van der Waals surface area contributed by atoms with E-state index in [-0.39, 0.29) is 0 Å². The highest BCUT2D eigenvalue weighted by Crippen LogP contribution is 2.38. The van der Waals surface area contributed by atoms with Crippen LogP contribution in [-0.2, 0) is 0 Å². The zero-order chi connectivity index (χ0) is 12.4. The Morgan fingerprint density at radius 3 is 2.53 bits per heavy atom. The van der Waals surface area contributed by atoms with E-state index in [0.717, 1.165) is 11.3 Å². The first kappa shape index (κ1) is 12.1. The quantitative estimate of drug-likeness (QED) is 0.832. The Labute approximate surface area is 109 Å². The van der Waals surface area contributed by atoms with Crippen molar-refractivity contribution in [3.05, 3.63) is 40.3 Å². The zero-order valence-electron chi connectivity index (χ0n) is 9.37. The Bertz CT molecular complexity index is 558. The summed E-state index contributed by atoms with van der Waals surface area (Å²) in [5.41, 5.74) is 1.51. The van der Waals surface area contributed by atoms with Crippen LogP contribution in [0, 0.1) is 6.92 Å². The van der Waals surface area contributed by atoms with E-state index in [9.17, 15) is 0 Å². The number of hydrogen-bond acceptors (Lipinski definition) is 3. The fourth-order valence-electron chi connectivity index (χ4n) is 1.49. The molecule has 0 aliphatic carbocycles. The first-order valence-electron chi connectivity index (χ1n) is 4.95. The molecule has 1 aromatic heterocycles. The second kappa shape index (κ2) is 4.90. The first-order valence-corrected chi connectivity index (χ1v) is 5.71. The molecule has 3 nitrogen and oxygen atoms in total. The van der Waals surface area contributed by atoms with Crippen LogP contribution in [0.25, 0.3) is 11.3 Å². The monoisotopic (exact) mass is 268 g/mol. The summed E-state index contributed by atoms with van der Waals surface area (Å²) in [6.45, 7) is 1.82. The molecule has 0 atom stereocenters. The van der Waals surface area contributed by atoms with E-state index in [1.54, 1.807) is 25.4 Å². The van der Waals surface area contributed by atoms with Crippen LogP contribution in [0.1, 0.15) is 5.82 Å². The van der Waals surface area contributed by atoms with Crippen molar-refractivity contribution in [3.8, 4) is 17.0 Å². The number of rotatable bonds is 2. The topological polar surface area (TPSA) is 35.0 Å². The lowest BCUT2D eigenvalue weighted by Crippen LogP contribution is -1.92. The Hall–Kier alpha value is -1.32. The summed E-state index contributed by atoms with van der Waals surface area (Å²) in [7, 11) is 1.55. The van der Waals surface area contributed by atoms with Gasteiger partial charge in [0.15, 0.2) is 0 Å². The molecule has 17 heavy (non-hydrogen) atoms. The van der Waals surface area contributed by atoms with Gasteiger partial charge in [0.25, 0.3) is 0 Å². The standard InChI is InChI=1S/C12H10Cl2N2O/c1-7-15-6-5-9(16-7)8-3-4-10(17-2)12(14)11(8)13/h3-6H,1-2H3. The van der Waals surface area contributed by atoms with Crippen LogP contribution >= 0.6 is 23.2 Å². The summed E-state index contributed by atoms with van der Waals surface area (Å²) < 4.78 is 5.09. The molecule has 0 saturated heterocycles. The van der Waals surface area contributed by atoms with Crippen LogP contribution in [0.15, 0.2) is 24.4 Å². The van der Waals surface area contributed by atoms with E-state index >= 15 is 0 Å². The van der Waals surface area contributed by atoms with Gasteiger partial charge in [-0.1, -0.05) is 23.2 Å². The van der Waals surface area contributed by atoms with Gasteiger partial charge in [-0.2, -0.15) is 0 Å². The van der Waals surface area contributed by atoms with Crippen LogP contribution in [-0.4, -0.2) is 17.1 Å². The molecule has 0 saturated carbocycles. The lowest BCUT2D eigenvalue weighted by molar-refractivity contribution is 0.415. The fourth-order valence-corrected chi connectivity index (χ4v) is 1.99. The molecule has 0 radical (unpaired) electrons. The summed E-state index contributed by atoms with van der Waals surface area (Å²) in [5.74, 6) is 1.23. The van der Waals surface area contributed by atoms with Crippen LogP contribution in [0.3, 0.4) is 0 Å². The number of aromatic nitrogens is 2. The average molecular weight is 269 g/mol. The van der Waals surface area contributed by atoms with Crippen molar-refractivity contribution in [2.24, 2.45) is 0 Å². The average Bonchev–Trinajstić information content (AvgIpc) is 2.32. The van der Waals surface area contributed by atoms with E-state index in [4.69, 9.17) is 27.9 Å². The summed E-state index contributed by atoms with van der Waals surface area (Å²) in [6, 6.07) is 5.38. The largest absolute Gasteiger partial charge is 0.495 e. The number of methoxy groups -OCH3 is 1. The minimum absolute atomic E-state index is 0.392. The van der Waals surface area contributed by atoms with Crippen molar-refractivity contribution in [2.45, 2.75) is 6.92 Å². The van der Waals surface area contributed by atoms with Gasteiger partial charge in [0.2, 0.25) is 0 Å². The highest BCUT2D eigenvalue weighted by atomic mass is 35.5. The second-order valence-electron chi connectivity index (χ2n) is 3.43. The molecule has 0 bridgehead atoms. The molecule has 0 aliphatic heterocycles. The molecule has 0 unspecified atom stereocenters. The Kier molecular flexibility index (Phi) is 3.50. The van der Waals surface area contributed by atoms with E-state index in [0.29, 0.717) is 21.6 Å². The van der Waals surface area contributed by atoms with Crippen molar-refractivity contribution in [2.75, 3.05) is 7.11 Å². The molecule has 0 amide bonds. The number of hydrogen-bond donors (Lipinski definition) is 0. The maximum atomic E-state index is 6.19. The van der Waals surface area contributed by atoms with E-state index < -0.39 is 0 Å².